The third-order valence-corrected chi connectivity index (χ3v) is 3.79. The van der Waals surface area contributed by atoms with E-state index in [1.54, 1.807) is 24.3 Å². The van der Waals surface area contributed by atoms with Crippen LogP contribution in [0, 0.1) is 10.1 Å². The Morgan fingerprint density at radius 1 is 1.25 bits per heavy atom. The lowest BCUT2D eigenvalue weighted by Gasteiger charge is -2.24. The molecule has 1 heterocycles. The number of hydrogen-bond acceptors (Lipinski definition) is 8. The van der Waals surface area contributed by atoms with Crippen molar-refractivity contribution >= 4 is 23.3 Å². The first kappa shape index (κ1) is 19.0. The molecule has 0 bridgehead atoms. The molecule has 1 aliphatic heterocycles. The molecule has 146 valence electrons. The van der Waals surface area contributed by atoms with Gasteiger partial charge in [0.05, 0.1) is 18.1 Å². The number of esters is 1. The molecule has 3 rings (SSSR count). The van der Waals surface area contributed by atoms with E-state index in [-0.39, 0.29) is 23.7 Å². The van der Waals surface area contributed by atoms with Crippen LogP contribution in [0.15, 0.2) is 42.5 Å². The van der Waals surface area contributed by atoms with Crippen molar-refractivity contribution in [2.24, 2.45) is 0 Å². The van der Waals surface area contributed by atoms with Gasteiger partial charge in [0.1, 0.15) is 18.0 Å². The number of rotatable bonds is 6. The largest absolute Gasteiger partial charge is 0.496 e. The van der Waals surface area contributed by atoms with Gasteiger partial charge in [0.2, 0.25) is 6.10 Å². The second-order valence-corrected chi connectivity index (χ2v) is 5.66. The van der Waals surface area contributed by atoms with E-state index in [1.807, 2.05) is 0 Å². The van der Waals surface area contributed by atoms with E-state index >= 15 is 0 Å². The van der Waals surface area contributed by atoms with E-state index in [4.69, 9.17) is 18.9 Å². The molecule has 0 spiro atoms. The summed E-state index contributed by atoms with van der Waals surface area (Å²) in [4.78, 5) is 34.6. The van der Waals surface area contributed by atoms with Gasteiger partial charge in [-0.05, 0) is 24.3 Å². The van der Waals surface area contributed by atoms with Gasteiger partial charge in [0, 0.05) is 0 Å². The van der Waals surface area contributed by atoms with Gasteiger partial charge in [0.15, 0.2) is 18.1 Å². The first-order chi connectivity index (χ1) is 13.5. The Hall–Kier alpha value is -3.82. The average molecular weight is 388 g/mol. The number of hydrogen-bond donors (Lipinski definition) is 1. The number of anilines is 1. The normalized spacial score (nSPS) is 14.7. The number of benzene rings is 2. The third kappa shape index (κ3) is 4.29. The van der Waals surface area contributed by atoms with Crippen LogP contribution in [0.25, 0.3) is 0 Å². The van der Waals surface area contributed by atoms with Crippen LogP contribution in [0.4, 0.5) is 11.4 Å². The van der Waals surface area contributed by atoms with Gasteiger partial charge < -0.3 is 24.3 Å². The molecule has 0 aromatic heterocycles. The van der Waals surface area contributed by atoms with Crippen LogP contribution in [-0.2, 0) is 14.3 Å². The van der Waals surface area contributed by atoms with Crippen LogP contribution in [0.1, 0.15) is 0 Å². The van der Waals surface area contributed by atoms with E-state index in [0.29, 0.717) is 11.5 Å². The maximum absolute atomic E-state index is 12.1. The maximum atomic E-state index is 12.1. The lowest BCUT2D eigenvalue weighted by molar-refractivity contribution is -0.384. The van der Waals surface area contributed by atoms with Crippen molar-refractivity contribution in [1.82, 2.24) is 0 Å². The SMILES string of the molecule is COc1ccc(NC(=O)COC(=O)[C@H]2COc3ccccc3O2)c([N+](=O)[O-])c1. The van der Waals surface area contributed by atoms with E-state index in [9.17, 15) is 19.7 Å². The van der Waals surface area contributed by atoms with Crippen LogP contribution in [0.5, 0.6) is 17.2 Å². The Balaban J connectivity index is 1.56. The fourth-order valence-electron chi connectivity index (χ4n) is 2.45. The highest BCUT2D eigenvalue weighted by molar-refractivity contribution is 5.95. The van der Waals surface area contributed by atoms with Crippen LogP contribution < -0.4 is 19.5 Å². The monoisotopic (exact) mass is 388 g/mol. The van der Waals surface area contributed by atoms with Crippen molar-refractivity contribution in [3.05, 3.63) is 52.6 Å². The highest BCUT2D eigenvalue weighted by atomic mass is 16.6. The zero-order chi connectivity index (χ0) is 20.1. The molecule has 0 aliphatic carbocycles. The lowest BCUT2D eigenvalue weighted by Crippen LogP contribution is -2.39. The fourth-order valence-corrected chi connectivity index (χ4v) is 2.45. The van der Waals surface area contributed by atoms with E-state index < -0.39 is 29.5 Å². The summed E-state index contributed by atoms with van der Waals surface area (Å²) in [5.41, 5.74) is -0.391. The smallest absolute Gasteiger partial charge is 0.351 e. The number of methoxy groups -OCH3 is 1. The zero-order valence-electron chi connectivity index (χ0n) is 14.7. The summed E-state index contributed by atoms with van der Waals surface area (Å²) >= 11 is 0. The standard InChI is InChI=1S/C18H16N2O8/c1-25-11-6-7-12(13(8-11)20(23)24)19-17(21)10-27-18(22)16-9-26-14-4-2-3-5-15(14)28-16/h2-8,16H,9-10H2,1H3,(H,19,21)/t16-/m1/s1. The number of nitro groups is 1. The summed E-state index contributed by atoms with van der Waals surface area (Å²) in [7, 11) is 1.37. The van der Waals surface area contributed by atoms with Crippen molar-refractivity contribution < 1.29 is 33.5 Å². The minimum absolute atomic E-state index is 0.0435. The average Bonchev–Trinajstić information content (AvgIpc) is 2.71. The highest BCUT2D eigenvalue weighted by Gasteiger charge is 2.29. The quantitative estimate of drug-likeness (QED) is 0.452. The molecule has 0 fully saturated rings. The summed E-state index contributed by atoms with van der Waals surface area (Å²) in [6.07, 6.45) is -1.02. The molecule has 2 aromatic rings. The summed E-state index contributed by atoms with van der Waals surface area (Å²) in [5, 5.41) is 13.5. The minimum Gasteiger partial charge on any atom is -0.496 e. The number of nitrogens with zero attached hydrogens (tertiary/aromatic N) is 1. The number of carbonyl (C=O) groups is 2. The van der Waals surface area contributed by atoms with Crippen molar-refractivity contribution in [2.75, 3.05) is 25.6 Å². The highest BCUT2D eigenvalue weighted by Crippen LogP contribution is 2.31. The van der Waals surface area contributed by atoms with Crippen LogP contribution in [0.3, 0.4) is 0 Å². The number of carbonyl (C=O) groups excluding carboxylic acids is 2. The van der Waals surface area contributed by atoms with Crippen LogP contribution in [0.2, 0.25) is 0 Å². The lowest BCUT2D eigenvalue weighted by atomic mass is 10.2. The Labute approximate surface area is 159 Å². The summed E-state index contributed by atoms with van der Waals surface area (Å²) in [6.45, 7) is -0.690. The second-order valence-electron chi connectivity index (χ2n) is 5.66. The van der Waals surface area contributed by atoms with Crippen molar-refractivity contribution in [3.63, 3.8) is 0 Å². The first-order valence-electron chi connectivity index (χ1n) is 8.15. The van der Waals surface area contributed by atoms with E-state index in [1.165, 1.54) is 25.3 Å². The van der Waals surface area contributed by atoms with Crippen molar-refractivity contribution in [2.45, 2.75) is 6.10 Å². The van der Waals surface area contributed by atoms with Gasteiger partial charge in [-0.25, -0.2) is 4.79 Å². The second kappa shape index (κ2) is 8.25. The molecule has 0 saturated heterocycles. The molecule has 28 heavy (non-hydrogen) atoms. The van der Waals surface area contributed by atoms with Gasteiger partial charge in [-0.15, -0.1) is 0 Å². The third-order valence-electron chi connectivity index (χ3n) is 3.79. The van der Waals surface area contributed by atoms with Crippen molar-refractivity contribution in [3.8, 4) is 17.2 Å². The topological polar surface area (TPSA) is 126 Å². The molecular weight excluding hydrogens is 372 g/mol. The van der Waals surface area contributed by atoms with Gasteiger partial charge in [-0.1, -0.05) is 12.1 Å². The molecule has 10 nitrogen and oxygen atoms in total. The van der Waals surface area contributed by atoms with E-state index in [0.717, 1.165) is 0 Å². The van der Waals surface area contributed by atoms with Crippen molar-refractivity contribution in [1.29, 1.82) is 0 Å². The molecule has 0 radical (unpaired) electrons. The summed E-state index contributed by atoms with van der Waals surface area (Å²) < 4.78 is 20.7. The predicted octanol–water partition coefficient (Wildman–Crippen LogP) is 1.93. The number of amides is 1. The number of nitrogens with one attached hydrogen (secondary N) is 1. The molecule has 2 aromatic carbocycles. The Bertz CT molecular complexity index is 914. The molecular formula is C18H16N2O8. The van der Waals surface area contributed by atoms with Gasteiger partial charge >= 0.3 is 5.97 Å². The molecule has 1 atom stereocenters. The van der Waals surface area contributed by atoms with Gasteiger partial charge in [0.25, 0.3) is 11.6 Å². The fraction of sp³-hybridized carbons (Fsp3) is 0.222. The molecule has 1 N–H and O–H groups in total. The minimum atomic E-state index is -1.02. The number of para-hydroxylation sites is 2. The van der Waals surface area contributed by atoms with Crippen LogP contribution in [-0.4, -0.2) is 43.2 Å². The first-order valence-corrected chi connectivity index (χ1v) is 8.15. The number of fused-ring (bicyclic) bond motifs is 1. The zero-order valence-corrected chi connectivity index (χ0v) is 14.7. The van der Waals surface area contributed by atoms with Gasteiger partial charge in [-0.3, -0.25) is 14.9 Å². The number of ether oxygens (including phenoxy) is 4. The Morgan fingerprint density at radius 3 is 2.71 bits per heavy atom. The Kier molecular flexibility index (Phi) is 5.58. The predicted molar refractivity (Wildman–Crippen MR) is 95.6 cm³/mol. The molecule has 0 saturated carbocycles. The maximum Gasteiger partial charge on any atom is 0.351 e. The summed E-state index contributed by atoms with van der Waals surface area (Å²) in [6, 6.07) is 10.8. The molecule has 1 aliphatic rings. The summed E-state index contributed by atoms with van der Waals surface area (Å²) in [5.74, 6) is -0.344. The molecule has 0 unspecified atom stereocenters. The molecule has 1 amide bonds. The van der Waals surface area contributed by atoms with E-state index in [2.05, 4.69) is 5.32 Å². The van der Waals surface area contributed by atoms with Gasteiger partial charge in [-0.2, -0.15) is 0 Å². The Morgan fingerprint density at radius 2 is 2.00 bits per heavy atom. The number of nitro benzene ring substituents is 1. The molecule has 10 heteroatoms. The van der Waals surface area contributed by atoms with Crippen LogP contribution >= 0.6 is 0 Å².